The van der Waals surface area contributed by atoms with Gasteiger partial charge in [-0.05, 0) is 31.5 Å². The summed E-state index contributed by atoms with van der Waals surface area (Å²) in [6.07, 6.45) is 0.271. The molecule has 1 atom stereocenters. The maximum atomic E-state index is 9.78. The summed E-state index contributed by atoms with van der Waals surface area (Å²) in [5.74, 6) is 0.670. The molecule has 1 aromatic carbocycles. The molecule has 1 aromatic heterocycles. The van der Waals surface area contributed by atoms with Gasteiger partial charge in [0.05, 0.1) is 11.0 Å². The highest BCUT2D eigenvalue weighted by atomic mass is 35.5. The van der Waals surface area contributed by atoms with Gasteiger partial charge in [-0.2, -0.15) is 0 Å². The Morgan fingerprint density at radius 1 is 1.50 bits per heavy atom. The summed E-state index contributed by atoms with van der Waals surface area (Å²) in [4.78, 5) is 4.45. The lowest BCUT2D eigenvalue weighted by molar-refractivity contribution is 0.175. The van der Waals surface area contributed by atoms with Crippen LogP contribution in [0.3, 0.4) is 0 Å². The topological polar surface area (TPSA) is 47.3 Å². The second kappa shape index (κ2) is 5.69. The van der Waals surface area contributed by atoms with Gasteiger partial charge in [0, 0.05) is 25.3 Å². The molecule has 0 saturated carbocycles. The van der Waals surface area contributed by atoms with E-state index < -0.39 is 6.10 Å². The number of methoxy groups -OCH3 is 1. The fourth-order valence-electron chi connectivity index (χ4n) is 2.04. The number of aryl methyl sites for hydroxylation is 1. The summed E-state index contributed by atoms with van der Waals surface area (Å²) < 4.78 is 7.06. The SMILES string of the molecule is COCCCn1c(C(C)O)nc2ccc(Cl)cc21. The molecular weight excluding hydrogens is 252 g/mol. The van der Waals surface area contributed by atoms with E-state index in [-0.39, 0.29) is 0 Å². The molecule has 0 bridgehead atoms. The third-order valence-electron chi connectivity index (χ3n) is 2.84. The minimum absolute atomic E-state index is 0.598. The van der Waals surface area contributed by atoms with E-state index in [4.69, 9.17) is 16.3 Å². The van der Waals surface area contributed by atoms with Gasteiger partial charge in [0.1, 0.15) is 11.9 Å². The molecule has 0 aliphatic rings. The highest BCUT2D eigenvalue weighted by Crippen LogP contribution is 2.24. The molecule has 0 amide bonds. The average molecular weight is 269 g/mol. The van der Waals surface area contributed by atoms with Crippen LogP contribution < -0.4 is 0 Å². The summed E-state index contributed by atoms with van der Waals surface area (Å²) in [7, 11) is 1.68. The largest absolute Gasteiger partial charge is 0.385 e. The van der Waals surface area contributed by atoms with Crippen LogP contribution in [0.15, 0.2) is 18.2 Å². The van der Waals surface area contributed by atoms with E-state index >= 15 is 0 Å². The van der Waals surface area contributed by atoms with Gasteiger partial charge in [0.2, 0.25) is 0 Å². The minimum atomic E-state index is -0.598. The molecule has 0 radical (unpaired) electrons. The molecule has 98 valence electrons. The van der Waals surface area contributed by atoms with E-state index in [1.807, 2.05) is 22.8 Å². The first-order valence-corrected chi connectivity index (χ1v) is 6.34. The Labute approximate surface area is 111 Å². The van der Waals surface area contributed by atoms with Gasteiger partial charge in [-0.25, -0.2) is 4.98 Å². The number of hydrogen-bond donors (Lipinski definition) is 1. The number of rotatable bonds is 5. The lowest BCUT2D eigenvalue weighted by Gasteiger charge is -2.10. The van der Waals surface area contributed by atoms with Crippen LogP contribution in [0.1, 0.15) is 25.3 Å². The van der Waals surface area contributed by atoms with Crippen molar-refractivity contribution in [1.82, 2.24) is 9.55 Å². The van der Waals surface area contributed by atoms with Gasteiger partial charge in [0.15, 0.2) is 0 Å². The van der Waals surface area contributed by atoms with Gasteiger partial charge in [0.25, 0.3) is 0 Å². The van der Waals surface area contributed by atoms with Gasteiger partial charge < -0.3 is 14.4 Å². The number of halogens is 1. The summed E-state index contributed by atoms with van der Waals surface area (Å²) >= 11 is 6.01. The highest BCUT2D eigenvalue weighted by Gasteiger charge is 2.14. The van der Waals surface area contributed by atoms with Crippen molar-refractivity contribution in [3.63, 3.8) is 0 Å². The quantitative estimate of drug-likeness (QED) is 0.849. The standard InChI is InChI=1S/C13H17ClN2O2/c1-9(17)13-15-11-5-4-10(14)8-12(11)16(13)6-3-7-18-2/h4-5,8-9,17H,3,6-7H2,1-2H3. The Morgan fingerprint density at radius 3 is 2.94 bits per heavy atom. The Morgan fingerprint density at radius 2 is 2.28 bits per heavy atom. The van der Waals surface area contributed by atoms with Crippen molar-refractivity contribution in [2.24, 2.45) is 0 Å². The number of aromatic nitrogens is 2. The monoisotopic (exact) mass is 268 g/mol. The molecule has 0 aliphatic heterocycles. The van der Waals surface area contributed by atoms with Crippen LogP contribution in [-0.2, 0) is 11.3 Å². The van der Waals surface area contributed by atoms with Crippen molar-refractivity contribution in [3.8, 4) is 0 Å². The first-order chi connectivity index (χ1) is 8.63. The second-order valence-corrected chi connectivity index (χ2v) is 4.71. The first kappa shape index (κ1) is 13.3. The molecule has 5 heteroatoms. The van der Waals surface area contributed by atoms with Crippen LogP contribution in [0.4, 0.5) is 0 Å². The molecule has 1 heterocycles. The third-order valence-corrected chi connectivity index (χ3v) is 3.08. The van der Waals surface area contributed by atoms with Gasteiger partial charge >= 0.3 is 0 Å². The number of imidazole rings is 1. The number of nitrogens with zero attached hydrogens (tertiary/aromatic N) is 2. The lowest BCUT2D eigenvalue weighted by Crippen LogP contribution is -2.08. The van der Waals surface area contributed by atoms with Crippen molar-refractivity contribution in [2.45, 2.75) is 26.0 Å². The number of fused-ring (bicyclic) bond motifs is 1. The fraction of sp³-hybridized carbons (Fsp3) is 0.462. The van der Waals surface area contributed by atoms with Crippen LogP contribution in [0.5, 0.6) is 0 Å². The van der Waals surface area contributed by atoms with Gasteiger partial charge in [-0.15, -0.1) is 0 Å². The smallest absolute Gasteiger partial charge is 0.138 e. The number of ether oxygens (including phenoxy) is 1. The molecule has 0 aliphatic carbocycles. The second-order valence-electron chi connectivity index (χ2n) is 4.28. The Balaban J connectivity index is 2.43. The normalized spacial score (nSPS) is 13.1. The molecule has 1 unspecified atom stereocenters. The molecule has 2 aromatic rings. The maximum Gasteiger partial charge on any atom is 0.138 e. The van der Waals surface area contributed by atoms with Crippen LogP contribution >= 0.6 is 11.6 Å². The van der Waals surface area contributed by atoms with Crippen LogP contribution in [0.25, 0.3) is 11.0 Å². The molecule has 18 heavy (non-hydrogen) atoms. The van der Waals surface area contributed by atoms with E-state index in [9.17, 15) is 5.11 Å². The molecule has 0 saturated heterocycles. The van der Waals surface area contributed by atoms with Gasteiger partial charge in [-0.1, -0.05) is 11.6 Å². The fourth-order valence-corrected chi connectivity index (χ4v) is 2.20. The Kier molecular flexibility index (Phi) is 4.22. The lowest BCUT2D eigenvalue weighted by atomic mass is 10.3. The molecule has 0 spiro atoms. The van der Waals surface area contributed by atoms with Crippen LogP contribution in [0.2, 0.25) is 5.02 Å². The average Bonchev–Trinajstić information content (AvgIpc) is 2.68. The molecule has 4 nitrogen and oxygen atoms in total. The Hall–Kier alpha value is -1.10. The number of benzene rings is 1. The van der Waals surface area contributed by atoms with E-state index in [1.54, 1.807) is 14.0 Å². The van der Waals surface area contributed by atoms with Crippen molar-refractivity contribution in [3.05, 3.63) is 29.0 Å². The van der Waals surface area contributed by atoms with Crippen molar-refractivity contribution < 1.29 is 9.84 Å². The summed E-state index contributed by atoms with van der Waals surface area (Å²) in [5.41, 5.74) is 1.81. The van der Waals surface area contributed by atoms with E-state index in [1.165, 1.54) is 0 Å². The first-order valence-electron chi connectivity index (χ1n) is 5.96. The zero-order chi connectivity index (χ0) is 13.1. The predicted molar refractivity (Wildman–Crippen MR) is 71.9 cm³/mol. The summed E-state index contributed by atoms with van der Waals surface area (Å²) in [5, 5.41) is 10.5. The molecular formula is C13H17ClN2O2. The third kappa shape index (κ3) is 2.66. The van der Waals surface area contributed by atoms with Crippen molar-refractivity contribution in [1.29, 1.82) is 0 Å². The highest BCUT2D eigenvalue weighted by molar-refractivity contribution is 6.31. The molecule has 0 fully saturated rings. The molecule has 2 rings (SSSR count). The maximum absolute atomic E-state index is 9.78. The zero-order valence-corrected chi connectivity index (χ0v) is 11.3. The number of aliphatic hydroxyl groups excluding tert-OH is 1. The van der Waals surface area contributed by atoms with E-state index in [0.717, 1.165) is 24.0 Å². The number of hydrogen-bond acceptors (Lipinski definition) is 3. The Bertz CT molecular complexity index is 537. The van der Waals surface area contributed by atoms with Crippen LogP contribution in [-0.4, -0.2) is 28.4 Å². The minimum Gasteiger partial charge on any atom is -0.385 e. The van der Waals surface area contributed by atoms with Crippen molar-refractivity contribution >= 4 is 22.6 Å². The molecule has 1 N–H and O–H groups in total. The summed E-state index contributed by atoms with van der Waals surface area (Å²) in [6, 6.07) is 5.56. The van der Waals surface area contributed by atoms with E-state index in [2.05, 4.69) is 4.98 Å². The van der Waals surface area contributed by atoms with Gasteiger partial charge in [-0.3, -0.25) is 0 Å². The van der Waals surface area contributed by atoms with Crippen molar-refractivity contribution in [2.75, 3.05) is 13.7 Å². The van der Waals surface area contributed by atoms with E-state index in [0.29, 0.717) is 17.5 Å². The zero-order valence-electron chi connectivity index (χ0n) is 10.6. The van der Waals surface area contributed by atoms with Crippen LogP contribution in [0, 0.1) is 0 Å². The summed E-state index contributed by atoms with van der Waals surface area (Å²) in [6.45, 7) is 3.15. The number of aliphatic hydroxyl groups is 1. The predicted octanol–water partition coefficient (Wildman–Crippen LogP) is 2.78.